The summed E-state index contributed by atoms with van der Waals surface area (Å²) in [5, 5.41) is 18.4. The zero-order chi connectivity index (χ0) is 17.9. The van der Waals surface area contributed by atoms with E-state index in [0.29, 0.717) is 10.9 Å². The number of H-pyrrole nitrogens is 1. The first-order chi connectivity index (χ1) is 12.7. The number of amides is 1. The van der Waals surface area contributed by atoms with Crippen molar-refractivity contribution in [2.75, 3.05) is 0 Å². The van der Waals surface area contributed by atoms with Crippen LogP contribution in [0.1, 0.15) is 10.4 Å². The van der Waals surface area contributed by atoms with E-state index >= 15 is 0 Å². The summed E-state index contributed by atoms with van der Waals surface area (Å²) in [4.78, 5) is 15.1. The molecule has 2 N–H and O–H groups in total. The van der Waals surface area contributed by atoms with Gasteiger partial charge in [0.15, 0.2) is 5.69 Å². The number of carbonyl (C=O) groups is 1. The number of azo groups is 1. The highest BCUT2D eigenvalue weighted by molar-refractivity contribution is 5.97. The minimum Gasteiger partial charge on any atom is -0.493 e. The zero-order valence-corrected chi connectivity index (χ0v) is 13.8. The molecule has 0 unspecified atom stereocenters. The molecule has 0 spiro atoms. The molecule has 4 aromatic rings. The smallest absolute Gasteiger partial charge is 0.295 e. The largest absolute Gasteiger partial charge is 0.493 e. The first-order valence-corrected chi connectivity index (χ1v) is 8.13. The number of hydrogen-bond donors (Lipinski definition) is 2. The molecule has 0 aliphatic heterocycles. The fourth-order valence-electron chi connectivity index (χ4n) is 2.80. The molecule has 0 aliphatic carbocycles. The number of carbonyl (C=O) groups excluding carboxylic acids is 1. The van der Waals surface area contributed by atoms with Crippen LogP contribution in [0.4, 0.5) is 5.69 Å². The number of aromatic amines is 1. The third kappa shape index (κ3) is 2.98. The van der Waals surface area contributed by atoms with Crippen LogP contribution in [0.2, 0.25) is 0 Å². The summed E-state index contributed by atoms with van der Waals surface area (Å²) < 4.78 is 0. The van der Waals surface area contributed by atoms with Gasteiger partial charge in [0.25, 0.3) is 5.91 Å². The average Bonchev–Trinajstić information content (AvgIpc) is 3.02. The van der Waals surface area contributed by atoms with E-state index in [1.165, 1.54) is 0 Å². The van der Waals surface area contributed by atoms with Gasteiger partial charge < -0.3 is 10.1 Å². The summed E-state index contributed by atoms with van der Waals surface area (Å²) in [7, 11) is 0. The predicted molar refractivity (Wildman–Crippen MR) is 101 cm³/mol. The molecule has 0 radical (unpaired) electrons. The fourth-order valence-corrected chi connectivity index (χ4v) is 2.80. The van der Waals surface area contributed by atoms with E-state index in [4.69, 9.17) is 0 Å². The lowest BCUT2D eigenvalue weighted by molar-refractivity contribution is 0.0995. The van der Waals surface area contributed by atoms with Crippen molar-refractivity contribution in [2.45, 2.75) is 0 Å². The van der Waals surface area contributed by atoms with Gasteiger partial charge in [-0.15, -0.1) is 10.2 Å². The van der Waals surface area contributed by atoms with Gasteiger partial charge in [0.2, 0.25) is 5.88 Å². The van der Waals surface area contributed by atoms with Crippen molar-refractivity contribution < 1.29 is 9.90 Å². The van der Waals surface area contributed by atoms with Gasteiger partial charge in [-0.05, 0) is 29.3 Å². The van der Waals surface area contributed by atoms with Crippen molar-refractivity contribution in [2.24, 2.45) is 10.2 Å². The van der Waals surface area contributed by atoms with Crippen LogP contribution in [0.25, 0.3) is 22.0 Å². The second-order valence-electron chi connectivity index (χ2n) is 5.82. The Bertz CT molecular complexity index is 1100. The Morgan fingerprint density at radius 3 is 2.23 bits per heavy atom. The van der Waals surface area contributed by atoms with Gasteiger partial charge in [-0.1, -0.05) is 60.7 Å². The Morgan fingerprint density at radius 2 is 1.46 bits per heavy atom. The van der Waals surface area contributed by atoms with Gasteiger partial charge >= 0.3 is 0 Å². The third-order valence-electron chi connectivity index (χ3n) is 4.14. The maximum Gasteiger partial charge on any atom is 0.295 e. The van der Waals surface area contributed by atoms with Crippen molar-refractivity contribution in [1.82, 2.24) is 4.98 Å². The van der Waals surface area contributed by atoms with Crippen molar-refractivity contribution in [1.29, 1.82) is 0 Å². The number of nitrogens with one attached hydrogen (secondary N) is 1. The van der Waals surface area contributed by atoms with Crippen LogP contribution >= 0.6 is 0 Å². The van der Waals surface area contributed by atoms with Gasteiger partial charge in [0.05, 0.1) is 5.52 Å². The lowest BCUT2D eigenvalue weighted by Crippen LogP contribution is -1.93. The molecule has 0 saturated carbocycles. The van der Waals surface area contributed by atoms with Crippen LogP contribution in [0, 0.1) is 0 Å². The maximum absolute atomic E-state index is 12.3. The van der Waals surface area contributed by atoms with Gasteiger partial charge in [-0.2, -0.15) is 0 Å². The molecule has 0 fully saturated rings. The molecule has 3 aromatic carbocycles. The van der Waals surface area contributed by atoms with Crippen LogP contribution in [0.5, 0.6) is 5.88 Å². The van der Waals surface area contributed by atoms with E-state index in [-0.39, 0.29) is 11.6 Å². The van der Waals surface area contributed by atoms with Crippen LogP contribution in [0.15, 0.2) is 89.1 Å². The summed E-state index contributed by atoms with van der Waals surface area (Å²) in [5.74, 6) is -0.573. The third-order valence-corrected chi connectivity index (χ3v) is 4.14. The lowest BCUT2D eigenvalue weighted by atomic mass is 10.0. The zero-order valence-electron chi connectivity index (χ0n) is 13.8. The maximum atomic E-state index is 12.3. The number of hydrogen-bond acceptors (Lipinski definition) is 3. The Morgan fingerprint density at radius 1 is 0.808 bits per heavy atom. The minimum absolute atomic E-state index is 0.109. The number of aromatic nitrogens is 1. The molecular weight excluding hydrogens is 326 g/mol. The SMILES string of the molecule is O=C(N=Nc1c(O)[nH]c2ccccc12)c1ccc(-c2ccccc2)cc1. The quantitative estimate of drug-likeness (QED) is 0.485. The highest BCUT2D eigenvalue weighted by Crippen LogP contribution is 2.35. The Hall–Kier alpha value is -3.73. The van der Waals surface area contributed by atoms with Crippen molar-refractivity contribution >= 4 is 22.5 Å². The number of benzene rings is 3. The molecule has 4 rings (SSSR count). The van der Waals surface area contributed by atoms with Crippen LogP contribution < -0.4 is 0 Å². The second kappa shape index (κ2) is 6.64. The first kappa shape index (κ1) is 15.8. The lowest BCUT2D eigenvalue weighted by Gasteiger charge is -2.01. The van der Waals surface area contributed by atoms with Gasteiger partial charge in [-0.3, -0.25) is 4.79 Å². The molecule has 1 amide bonds. The Labute approximate surface area is 149 Å². The molecule has 1 aromatic heterocycles. The van der Waals surface area contributed by atoms with E-state index in [1.807, 2.05) is 60.7 Å². The van der Waals surface area contributed by atoms with E-state index < -0.39 is 5.91 Å². The van der Waals surface area contributed by atoms with Crippen LogP contribution in [0.3, 0.4) is 0 Å². The molecule has 5 heteroatoms. The summed E-state index contributed by atoms with van der Waals surface area (Å²) in [6.07, 6.45) is 0. The fraction of sp³-hybridized carbons (Fsp3) is 0. The number of fused-ring (bicyclic) bond motifs is 1. The molecule has 0 atom stereocenters. The average molecular weight is 341 g/mol. The molecular formula is C21H15N3O2. The summed E-state index contributed by atoms with van der Waals surface area (Å²) in [5.41, 5.74) is 3.53. The molecule has 0 saturated heterocycles. The van der Waals surface area contributed by atoms with E-state index in [2.05, 4.69) is 15.2 Å². The highest BCUT2D eigenvalue weighted by atomic mass is 16.3. The van der Waals surface area contributed by atoms with E-state index in [9.17, 15) is 9.90 Å². The molecule has 0 aliphatic rings. The summed E-state index contributed by atoms with van der Waals surface area (Å²) in [6, 6.07) is 24.4. The Kier molecular flexibility index (Phi) is 4.03. The van der Waals surface area contributed by atoms with Crippen LogP contribution in [-0.4, -0.2) is 16.0 Å². The first-order valence-electron chi connectivity index (χ1n) is 8.13. The van der Waals surface area contributed by atoms with Gasteiger partial charge in [0.1, 0.15) is 0 Å². The monoisotopic (exact) mass is 341 g/mol. The number of nitrogens with zero attached hydrogens (tertiary/aromatic N) is 2. The van der Waals surface area contributed by atoms with E-state index in [0.717, 1.165) is 16.6 Å². The molecule has 5 nitrogen and oxygen atoms in total. The van der Waals surface area contributed by atoms with E-state index in [1.54, 1.807) is 18.2 Å². The second-order valence-corrected chi connectivity index (χ2v) is 5.82. The van der Waals surface area contributed by atoms with Crippen molar-refractivity contribution in [3.05, 3.63) is 84.4 Å². The normalized spacial score (nSPS) is 11.2. The highest BCUT2D eigenvalue weighted by Gasteiger charge is 2.11. The Balaban J connectivity index is 1.58. The summed E-state index contributed by atoms with van der Waals surface area (Å²) in [6.45, 7) is 0. The molecule has 126 valence electrons. The van der Waals surface area contributed by atoms with Crippen molar-refractivity contribution in [3.8, 4) is 17.0 Å². The van der Waals surface area contributed by atoms with Crippen molar-refractivity contribution in [3.63, 3.8) is 0 Å². The van der Waals surface area contributed by atoms with Crippen LogP contribution in [-0.2, 0) is 0 Å². The number of aromatic hydroxyl groups is 1. The molecule has 0 bridgehead atoms. The standard InChI is InChI=1S/C21H15N3O2/c25-20(16-12-10-15(11-13-16)14-6-2-1-3-7-14)24-23-19-17-8-4-5-9-18(17)22-21(19)26/h1-13,22,26H. The predicted octanol–water partition coefficient (Wildman–Crippen LogP) is 5.46. The molecule has 1 heterocycles. The molecule has 26 heavy (non-hydrogen) atoms. The minimum atomic E-state index is -0.464. The number of rotatable bonds is 3. The number of para-hydroxylation sites is 1. The van der Waals surface area contributed by atoms with Gasteiger partial charge in [-0.25, -0.2) is 0 Å². The van der Waals surface area contributed by atoms with Gasteiger partial charge in [0, 0.05) is 10.9 Å². The topological polar surface area (TPSA) is 77.8 Å². The summed E-state index contributed by atoms with van der Waals surface area (Å²) >= 11 is 0.